The third-order valence-electron chi connectivity index (χ3n) is 4.47. The molecule has 0 atom stereocenters. The maximum absolute atomic E-state index is 12.4. The summed E-state index contributed by atoms with van der Waals surface area (Å²) >= 11 is 3.07. The second-order valence-electron chi connectivity index (χ2n) is 6.23. The van der Waals surface area contributed by atoms with E-state index in [9.17, 15) is 4.79 Å². The number of thiophene rings is 1. The minimum Gasteiger partial charge on any atom is -0.495 e. The molecule has 4 aromatic rings. The van der Waals surface area contributed by atoms with Gasteiger partial charge in [-0.05, 0) is 25.1 Å². The van der Waals surface area contributed by atoms with Crippen LogP contribution in [0.4, 0.5) is 5.69 Å². The number of ether oxygens (including phenoxy) is 1. The molecule has 148 valence electrons. The minimum absolute atomic E-state index is 0.118. The van der Waals surface area contributed by atoms with E-state index in [4.69, 9.17) is 4.74 Å². The normalized spacial score (nSPS) is 11.0. The number of para-hydroxylation sites is 2. The van der Waals surface area contributed by atoms with Crippen molar-refractivity contribution in [2.24, 2.45) is 0 Å². The van der Waals surface area contributed by atoms with Crippen LogP contribution in [0.2, 0.25) is 0 Å². The number of amides is 1. The van der Waals surface area contributed by atoms with Gasteiger partial charge in [-0.15, -0.1) is 21.5 Å². The first kappa shape index (κ1) is 19.5. The molecule has 1 N–H and O–H groups in total. The van der Waals surface area contributed by atoms with Crippen LogP contribution in [0.25, 0.3) is 21.5 Å². The van der Waals surface area contributed by atoms with Crippen LogP contribution >= 0.6 is 23.1 Å². The third-order valence-corrected chi connectivity index (χ3v) is 6.40. The summed E-state index contributed by atoms with van der Waals surface area (Å²) in [5.41, 5.74) is 1.73. The highest BCUT2D eigenvalue weighted by Crippen LogP contribution is 2.34. The lowest BCUT2D eigenvalue weighted by atomic mass is 10.1. The average Bonchev–Trinajstić information content (AvgIpc) is 3.36. The van der Waals surface area contributed by atoms with Crippen LogP contribution in [0.5, 0.6) is 5.75 Å². The molecule has 2 aromatic carbocycles. The summed E-state index contributed by atoms with van der Waals surface area (Å²) in [5.74, 6) is 1.58. The van der Waals surface area contributed by atoms with E-state index in [1.807, 2.05) is 36.4 Å². The Morgan fingerprint density at radius 1 is 1.17 bits per heavy atom. The minimum atomic E-state index is -0.118. The predicted molar refractivity (Wildman–Crippen MR) is 119 cm³/mol. The molecule has 0 saturated carbocycles. The monoisotopic (exact) mass is 424 g/mol. The molecular weight excluding hydrogens is 404 g/mol. The Morgan fingerprint density at radius 3 is 2.79 bits per heavy atom. The number of nitrogens with one attached hydrogen (secondary N) is 1. The highest BCUT2D eigenvalue weighted by Gasteiger charge is 2.17. The number of aromatic nitrogens is 3. The topological polar surface area (TPSA) is 69.0 Å². The quantitative estimate of drug-likeness (QED) is 0.427. The second kappa shape index (κ2) is 8.67. The molecule has 29 heavy (non-hydrogen) atoms. The number of hydrogen-bond donors (Lipinski definition) is 1. The molecule has 0 fully saturated rings. The van der Waals surface area contributed by atoms with Crippen molar-refractivity contribution in [1.82, 2.24) is 14.8 Å². The summed E-state index contributed by atoms with van der Waals surface area (Å²) in [5, 5.41) is 15.7. The summed E-state index contributed by atoms with van der Waals surface area (Å²) in [6.07, 6.45) is 0. The molecule has 0 spiro atoms. The van der Waals surface area contributed by atoms with Gasteiger partial charge in [0.05, 0.1) is 18.6 Å². The zero-order valence-corrected chi connectivity index (χ0v) is 17.7. The van der Waals surface area contributed by atoms with E-state index in [1.54, 1.807) is 18.4 Å². The van der Waals surface area contributed by atoms with Crippen molar-refractivity contribution in [3.05, 3.63) is 53.9 Å². The molecule has 8 heteroatoms. The van der Waals surface area contributed by atoms with Crippen molar-refractivity contribution in [3.63, 3.8) is 0 Å². The molecule has 0 radical (unpaired) electrons. The first-order valence-corrected chi connectivity index (χ1v) is 11.0. The van der Waals surface area contributed by atoms with Crippen molar-refractivity contribution in [2.45, 2.75) is 18.6 Å². The van der Waals surface area contributed by atoms with Crippen LogP contribution in [0.3, 0.4) is 0 Å². The fraction of sp³-hybridized carbons (Fsp3) is 0.190. The summed E-state index contributed by atoms with van der Waals surface area (Å²) in [4.78, 5) is 12.4. The van der Waals surface area contributed by atoms with Gasteiger partial charge in [-0.2, -0.15) is 0 Å². The molecule has 2 aromatic heterocycles. The van der Waals surface area contributed by atoms with Gasteiger partial charge in [-0.25, -0.2) is 0 Å². The van der Waals surface area contributed by atoms with Crippen LogP contribution in [0.15, 0.2) is 59.1 Å². The average molecular weight is 425 g/mol. The van der Waals surface area contributed by atoms with Gasteiger partial charge in [0.2, 0.25) is 5.91 Å². The lowest BCUT2D eigenvalue weighted by Crippen LogP contribution is -2.15. The lowest BCUT2D eigenvalue weighted by Gasteiger charge is -2.10. The molecule has 6 nitrogen and oxygen atoms in total. The number of rotatable bonds is 7. The van der Waals surface area contributed by atoms with E-state index in [0.717, 1.165) is 23.1 Å². The molecule has 2 heterocycles. The molecular formula is C21H20N4O2S2. The first-order valence-electron chi connectivity index (χ1n) is 9.16. The standard InChI is InChI=1S/C21H20N4O2S2/c1-3-25-20(15-12-28-18-11-7-4-8-14(15)18)23-24-21(25)29-13-19(26)22-16-9-5-6-10-17(16)27-2/h4-12H,3,13H2,1-2H3,(H,22,26). The second-order valence-corrected chi connectivity index (χ2v) is 8.09. The summed E-state index contributed by atoms with van der Waals surface area (Å²) in [6, 6.07) is 15.6. The molecule has 0 aliphatic carbocycles. The smallest absolute Gasteiger partial charge is 0.234 e. The van der Waals surface area contributed by atoms with Crippen LogP contribution in [0.1, 0.15) is 6.92 Å². The predicted octanol–water partition coefficient (Wildman–Crippen LogP) is 4.92. The number of hydrogen-bond acceptors (Lipinski definition) is 6. The van der Waals surface area contributed by atoms with Gasteiger partial charge < -0.3 is 14.6 Å². The van der Waals surface area contributed by atoms with E-state index < -0.39 is 0 Å². The first-order chi connectivity index (χ1) is 14.2. The summed E-state index contributed by atoms with van der Waals surface area (Å²) in [7, 11) is 1.58. The van der Waals surface area contributed by atoms with E-state index in [2.05, 4.69) is 44.5 Å². The van der Waals surface area contributed by atoms with Gasteiger partial charge in [0.1, 0.15) is 5.75 Å². The summed E-state index contributed by atoms with van der Waals surface area (Å²) in [6.45, 7) is 2.78. The zero-order chi connectivity index (χ0) is 20.2. The fourth-order valence-corrected chi connectivity index (χ4v) is 4.84. The van der Waals surface area contributed by atoms with E-state index in [-0.39, 0.29) is 11.7 Å². The zero-order valence-electron chi connectivity index (χ0n) is 16.1. The number of carbonyl (C=O) groups is 1. The van der Waals surface area contributed by atoms with E-state index in [0.29, 0.717) is 11.4 Å². The fourth-order valence-electron chi connectivity index (χ4n) is 3.10. The number of anilines is 1. The highest BCUT2D eigenvalue weighted by atomic mass is 32.2. The van der Waals surface area contributed by atoms with Crippen molar-refractivity contribution in [3.8, 4) is 17.1 Å². The summed E-state index contributed by atoms with van der Waals surface area (Å²) < 4.78 is 8.55. The van der Waals surface area contributed by atoms with Crippen molar-refractivity contribution in [2.75, 3.05) is 18.2 Å². The van der Waals surface area contributed by atoms with Gasteiger partial charge >= 0.3 is 0 Å². The Hall–Kier alpha value is -2.84. The lowest BCUT2D eigenvalue weighted by molar-refractivity contribution is -0.113. The van der Waals surface area contributed by atoms with Crippen LogP contribution in [-0.4, -0.2) is 33.5 Å². The maximum atomic E-state index is 12.4. The Labute approximate surface area is 176 Å². The Kier molecular flexibility index (Phi) is 5.82. The number of benzene rings is 2. The molecule has 0 aliphatic heterocycles. The third kappa shape index (κ3) is 3.99. The van der Waals surface area contributed by atoms with Crippen LogP contribution < -0.4 is 10.1 Å². The molecule has 0 unspecified atom stereocenters. The van der Waals surface area contributed by atoms with E-state index in [1.165, 1.54) is 21.8 Å². The van der Waals surface area contributed by atoms with Gasteiger partial charge in [0.25, 0.3) is 0 Å². The number of methoxy groups -OCH3 is 1. The maximum Gasteiger partial charge on any atom is 0.234 e. The van der Waals surface area contributed by atoms with Gasteiger partial charge in [0, 0.05) is 27.6 Å². The Balaban J connectivity index is 1.51. The molecule has 4 rings (SSSR count). The van der Waals surface area contributed by atoms with E-state index >= 15 is 0 Å². The van der Waals surface area contributed by atoms with Crippen LogP contribution in [-0.2, 0) is 11.3 Å². The Morgan fingerprint density at radius 2 is 1.97 bits per heavy atom. The Bertz CT molecular complexity index is 1150. The largest absolute Gasteiger partial charge is 0.495 e. The number of fused-ring (bicyclic) bond motifs is 1. The van der Waals surface area contributed by atoms with Crippen molar-refractivity contribution in [1.29, 1.82) is 0 Å². The van der Waals surface area contributed by atoms with Gasteiger partial charge in [-0.1, -0.05) is 42.1 Å². The van der Waals surface area contributed by atoms with Crippen LogP contribution in [0, 0.1) is 0 Å². The molecule has 0 saturated heterocycles. The number of thioether (sulfide) groups is 1. The SMILES string of the molecule is CCn1c(SCC(=O)Nc2ccccc2OC)nnc1-c1csc2ccccc12. The number of carbonyl (C=O) groups excluding carboxylic acids is 1. The van der Waals surface area contributed by atoms with Gasteiger partial charge in [0.15, 0.2) is 11.0 Å². The van der Waals surface area contributed by atoms with Gasteiger partial charge in [-0.3, -0.25) is 4.79 Å². The molecule has 0 aliphatic rings. The van der Waals surface area contributed by atoms with Crippen molar-refractivity contribution >= 4 is 44.8 Å². The molecule has 1 amide bonds. The highest BCUT2D eigenvalue weighted by molar-refractivity contribution is 7.99. The molecule has 0 bridgehead atoms. The number of nitrogens with zero attached hydrogens (tertiary/aromatic N) is 3. The van der Waals surface area contributed by atoms with Crippen molar-refractivity contribution < 1.29 is 9.53 Å².